The lowest BCUT2D eigenvalue weighted by atomic mass is 9.91. The molecular weight excluding hydrogens is 224 g/mol. The van der Waals surface area contributed by atoms with E-state index < -0.39 is 0 Å². The Hall–Kier alpha value is -0.790. The van der Waals surface area contributed by atoms with Crippen LogP contribution in [-0.2, 0) is 9.53 Å². The Balaban J connectivity index is 1.50. The predicted molar refractivity (Wildman–Crippen MR) is 73.2 cm³/mol. The summed E-state index contributed by atoms with van der Waals surface area (Å²) < 4.78 is 5.41. The summed E-state index contributed by atoms with van der Waals surface area (Å²) >= 11 is 0. The molecule has 2 unspecified atom stereocenters. The van der Waals surface area contributed by atoms with Crippen molar-refractivity contribution in [2.45, 2.75) is 70.8 Å². The van der Waals surface area contributed by atoms with Crippen LogP contribution in [0.2, 0.25) is 0 Å². The third-order valence-corrected chi connectivity index (χ3v) is 4.02. The fraction of sp³-hybridized carbons (Fsp3) is 0.812. The number of hydrogen-bond donors (Lipinski definition) is 0. The maximum atomic E-state index is 11.5. The molecule has 0 aromatic heterocycles. The highest BCUT2D eigenvalue weighted by Crippen LogP contribution is 2.31. The van der Waals surface area contributed by atoms with E-state index in [1.807, 2.05) is 6.92 Å². The van der Waals surface area contributed by atoms with Crippen molar-refractivity contribution in [2.75, 3.05) is 0 Å². The third kappa shape index (κ3) is 4.83. The molecule has 0 N–H and O–H groups in total. The molecule has 0 aromatic carbocycles. The van der Waals surface area contributed by atoms with Crippen molar-refractivity contribution < 1.29 is 9.53 Å². The van der Waals surface area contributed by atoms with Crippen molar-refractivity contribution in [1.82, 2.24) is 0 Å². The van der Waals surface area contributed by atoms with Gasteiger partial charge in [0.25, 0.3) is 0 Å². The Labute approximate surface area is 111 Å². The molecule has 0 amide bonds. The molecule has 0 radical (unpaired) electrons. The van der Waals surface area contributed by atoms with Gasteiger partial charge in [-0.1, -0.05) is 18.6 Å². The Morgan fingerprint density at radius 2 is 2.17 bits per heavy atom. The van der Waals surface area contributed by atoms with Gasteiger partial charge < -0.3 is 4.74 Å². The van der Waals surface area contributed by atoms with Gasteiger partial charge in [-0.2, -0.15) is 0 Å². The molecule has 0 heterocycles. The summed E-state index contributed by atoms with van der Waals surface area (Å²) in [7, 11) is 0. The fourth-order valence-corrected chi connectivity index (χ4v) is 2.63. The first kappa shape index (κ1) is 13.6. The molecule has 1 saturated carbocycles. The van der Waals surface area contributed by atoms with Crippen LogP contribution in [0, 0.1) is 11.8 Å². The fourth-order valence-electron chi connectivity index (χ4n) is 2.63. The standard InChI is InChI=1S/C16H26O2/c1-13(18-16(17)15-11-12-15)7-5-6-10-14-8-3-2-4-9-14/h3,8,13-15H,2,4-7,9-12H2,1H3. The number of rotatable bonds is 7. The zero-order valence-corrected chi connectivity index (χ0v) is 11.6. The van der Waals surface area contributed by atoms with Gasteiger partial charge in [0.15, 0.2) is 0 Å². The normalized spacial score (nSPS) is 24.8. The van der Waals surface area contributed by atoms with Crippen LogP contribution in [-0.4, -0.2) is 12.1 Å². The topological polar surface area (TPSA) is 26.3 Å². The first-order valence-electron chi connectivity index (χ1n) is 7.63. The number of hydrogen-bond acceptors (Lipinski definition) is 2. The van der Waals surface area contributed by atoms with Crippen molar-refractivity contribution in [3.63, 3.8) is 0 Å². The van der Waals surface area contributed by atoms with E-state index in [-0.39, 0.29) is 18.0 Å². The van der Waals surface area contributed by atoms with E-state index in [0.29, 0.717) is 0 Å². The van der Waals surface area contributed by atoms with Gasteiger partial charge >= 0.3 is 5.97 Å². The molecule has 1 fully saturated rings. The number of esters is 1. The minimum atomic E-state index is 0.0395. The third-order valence-electron chi connectivity index (χ3n) is 4.02. The lowest BCUT2D eigenvalue weighted by molar-refractivity contribution is -0.150. The molecule has 2 rings (SSSR count). The van der Waals surface area contributed by atoms with E-state index in [1.165, 1.54) is 38.5 Å². The van der Waals surface area contributed by atoms with Crippen molar-refractivity contribution in [1.29, 1.82) is 0 Å². The average molecular weight is 250 g/mol. The second kappa shape index (κ2) is 6.96. The number of ether oxygens (including phenoxy) is 1. The largest absolute Gasteiger partial charge is 0.462 e. The molecule has 102 valence electrons. The average Bonchev–Trinajstić information content (AvgIpc) is 3.20. The SMILES string of the molecule is CC(CCCCC1C=CCCC1)OC(=O)C1CC1. The number of unbranched alkanes of at least 4 members (excludes halogenated alkanes) is 1. The molecule has 0 saturated heterocycles. The summed E-state index contributed by atoms with van der Waals surface area (Å²) in [6.07, 6.45) is 15.7. The zero-order valence-electron chi connectivity index (χ0n) is 11.6. The smallest absolute Gasteiger partial charge is 0.309 e. The molecular formula is C16H26O2. The van der Waals surface area contributed by atoms with Crippen LogP contribution in [0.1, 0.15) is 64.7 Å². The molecule has 0 aliphatic heterocycles. The molecule has 0 bridgehead atoms. The van der Waals surface area contributed by atoms with Crippen LogP contribution < -0.4 is 0 Å². The summed E-state index contributed by atoms with van der Waals surface area (Å²) in [5, 5.41) is 0. The summed E-state index contributed by atoms with van der Waals surface area (Å²) in [4.78, 5) is 11.5. The van der Waals surface area contributed by atoms with Gasteiger partial charge in [0.05, 0.1) is 12.0 Å². The minimum absolute atomic E-state index is 0.0395. The Morgan fingerprint density at radius 1 is 1.33 bits per heavy atom. The van der Waals surface area contributed by atoms with Crippen LogP contribution in [0.4, 0.5) is 0 Å². The minimum Gasteiger partial charge on any atom is -0.462 e. The van der Waals surface area contributed by atoms with Crippen molar-refractivity contribution in [3.05, 3.63) is 12.2 Å². The molecule has 0 spiro atoms. The number of carbonyl (C=O) groups is 1. The van der Waals surface area contributed by atoms with Crippen LogP contribution in [0.5, 0.6) is 0 Å². The highest BCUT2D eigenvalue weighted by molar-refractivity contribution is 5.75. The van der Waals surface area contributed by atoms with Crippen LogP contribution >= 0.6 is 0 Å². The maximum absolute atomic E-state index is 11.5. The van der Waals surface area contributed by atoms with Gasteiger partial charge in [-0.25, -0.2) is 0 Å². The highest BCUT2D eigenvalue weighted by Gasteiger charge is 2.32. The van der Waals surface area contributed by atoms with E-state index in [2.05, 4.69) is 12.2 Å². The zero-order chi connectivity index (χ0) is 12.8. The summed E-state index contributed by atoms with van der Waals surface area (Å²) in [6.45, 7) is 2.03. The van der Waals surface area contributed by atoms with E-state index in [9.17, 15) is 4.79 Å². The summed E-state index contributed by atoms with van der Waals surface area (Å²) in [5.41, 5.74) is 0. The second-order valence-corrected chi connectivity index (χ2v) is 5.93. The molecule has 2 heteroatoms. The predicted octanol–water partition coefficient (Wildman–Crippen LogP) is 4.24. The lowest BCUT2D eigenvalue weighted by Crippen LogP contribution is -2.16. The van der Waals surface area contributed by atoms with Gasteiger partial charge in [-0.3, -0.25) is 4.79 Å². The summed E-state index contributed by atoms with van der Waals surface area (Å²) in [5.74, 6) is 1.08. The molecule has 2 atom stereocenters. The monoisotopic (exact) mass is 250 g/mol. The van der Waals surface area contributed by atoms with Crippen LogP contribution in [0.3, 0.4) is 0 Å². The van der Waals surface area contributed by atoms with Crippen molar-refractivity contribution in [3.8, 4) is 0 Å². The molecule has 2 aliphatic rings. The number of allylic oxidation sites excluding steroid dienone is 2. The molecule has 0 aromatic rings. The molecule has 18 heavy (non-hydrogen) atoms. The van der Waals surface area contributed by atoms with E-state index in [4.69, 9.17) is 4.74 Å². The first-order chi connectivity index (χ1) is 8.75. The van der Waals surface area contributed by atoms with Gasteiger partial charge in [-0.15, -0.1) is 0 Å². The quantitative estimate of drug-likeness (QED) is 0.384. The van der Waals surface area contributed by atoms with E-state index in [1.54, 1.807) is 0 Å². The van der Waals surface area contributed by atoms with Gasteiger partial charge in [-0.05, 0) is 64.2 Å². The van der Waals surface area contributed by atoms with Crippen LogP contribution in [0.15, 0.2) is 12.2 Å². The Kier molecular flexibility index (Phi) is 5.27. The molecule has 2 nitrogen and oxygen atoms in total. The van der Waals surface area contributed by atoms with Crippen molar-refractivity contribution >= 4 is 5.97 Å². The van der Waals surface area contributed by atoms with Gasteiger partial charge in [0, 0.05) is 0 Å². The Morgan fingerprint density at radius 3 is 2.83 bits per heavy atom. The van der Waals surface area contributed by atoms with E-state index in [0.717, 1.165) is 25.2 Å². The van der Waals surface area contributed by atoms with Crippen molar-refractivity contribution in [2.24, 2.45) is 11.8 Å². The maximum Gasteiger partial charge on any atom is 0.309 e. The van der Waals surface area contributed by atoms with Crippen LogP contribution in [0.25, 0.3) is 0 Å². The highest BCUT2D eigenvalue weighted by atomic mass is 16.5. The first-order valence-corrected chi connectivity index (χ1v) is 7.63. The second-order valence-electron chi connectivity index (χ2n) is 5.93. The van der Waals surface area contributed by atoms with E-state index >= 15 is 0 Å². The van der Waals surface area contributed by atoms with Gasteiger partial charge in [0.2, 0.25) is 0 Å². The molecule has 2 aliphatic carbocycles. The Bertz CT molecular complexity index is 291. The summed E-state index contributed by atoms with van der Waals surface area (Å²) in [6, 6.07) is 0. The lowest BCUT2D eigenvalue weighted by Gasteiger charge is -2.17. The van der Waals surface area contributed by atoms with Gasteiger partial charge in [0.1, 0.15) is 0 Å². The number of carbonyl (C=O) groups excluding carboxylic acids is 1.